The number of hydrogen-bond acceptors (Lipinski definition) is 2. The third kappa shape index (κ3) is 2.58. The molecule has 0 aliphatic carbocycles. The number of imidazole rings is 1. The van der Waals surface area contributed by atoms with Crippen LogP contribution in [0.5, 0.6) is 5.75 Å². The number of hydrogen-bond donors (Lipinski definition) is 1. The summed E-state index contributed by atoms with van der Waals surface area (Å²) in [7, 11) is 1.63. The van der Waals surface area contributed by atoms with E-state index in [2.05, 4.69) is 39.7 Å². The van der Waals surface area contributed by atoms with Gasteiger partial charge in [0.2, 0.25) is 0 Å². The molecule has 3 nitrogen and oxygen atoms in total. The zero-order valence-electron chi connectivity index (χ0n) is 11.4. The number of aromatic nitrogens is 2. The predicted octanol–water partition coefficient (Wildman–Crippen LogP) is 5.26. The Balaban J connectivity index is 2.38. The Morgan fingerprint density at radius 3 is 2.76 bits per heavy atom. The summed E-state index contributed by atoms with van der Waals surface area (Å²) in [6.45, 7) is 1.96. The molecule has 0 radical (unpaired) electrons. The van der Waals surface area contributed by atoms with Crippen molar-refractivity contribution in [2.75, 3.05) is 7.11 Å². The van der Waals surface area contributed by atoms with E-state index in [1.165, 1.54) is 0 Å². The Morgan fingerprint density at radius 2 is 2.05 bits per heavy atom. The number of halogens is 2. The number of fused-ring (bicyclic) bond motifs is 1. The van der Waals surface area contributed by atoms with Crippen LogP contribution in [0, 0.1) is 15.3 Å². The molecule has 0 saturated carbocycles. The maximum atomic E-state index is 6.18. The molecule has 0 bridgehead atoms. The number of H-pyrrole nitrogens is 1. The molecule has 0 atom stereocenters. The van der Waals surface area contributed by atoms with E-state index >= 15 is 0 Å². The second kappa shape index (κ2) is 5.62. The summed E-state index contributed by atoms with van der Waals surface area (Å²) in [5.74, 6) is 0.696. The van der Waals surface area contributed by atoms with Gasteiger partial charge in [-0.15, -0.1) is 0 Å². The molecule has 0 unspecified atom stereocenters. The summed E-state index contributed by atoms with van der Waals surface area (Å²) in [6, 6.07) is 9.98. The zero-order valence-corrected chi connectivity index (χ0v) is 15.1. The van der Waals surface area contributed by atoms with Crippen LogP contribution in [0.1, 0.15) is 5.56 Å². The van der Waals surface area contributed by atoms with E-state index in [0.29, 0.717) is 15.5 Å². The minimum atomic E-state index is 0.632. The smallest absolute Gasteiger partial charge is 0.182 e. The zero-order chi connectivity index (χ0) is 15.1. The van der Waals surface area contributed by atoms with Gasteiger partial charge in [-0.05, 0) is 71.6 Å². The number of benzene rings is 2. The fourth-order valence-electron chi connectivity index (χ4n) is 2.31. The van der Waals surface area contributed by atoms with E-state index in [1.54, 1.807) is 7.11 Å². The Labute approximate surface area is 146 Å². The molecule has 0 spiro atoms. The first-order chi connectivity index (χ1) is 10.0. The Morgan fingerprint density at radius 1 is 1.29 bits per heavy atom. The lowest BCUT2D eigenvalue weighted by Gasteiger charge is -2.12. The van der Waals surface area contributed by atoms with Crippen LogP contribution in [0.3, 0.4) is 0 Å². The van der Waals surface area contributed by atoms with Crippen LogP contribution < -0.4 is 4.74 Å². The van der Waals surface area contributed by atoms with E-state index in [9.17, 15) is 0 Å². The average Bonchev–Trinajstić information content (AvgIpc) is 2.76. The maximum absolute atomic E-state index is 6.18. The van der Waals surface area contributed by atoms with Crippen molar-refractivity contribution in [2.24, 2.45) is 0 Å². The van der Waals surface area contributed by atoms with Gasteiger partial charge in [0.15, 0.2) is 4.77 Å². The molecule has 6 heteroatoms. The summed E-state index contributed by atoms with van der Waals surface area (Å²) in [5.41, 5.74) is 3.88. The van der Waals surface area contributed by atoms with Crippen LogP contribution in [0.15, 0.2) is 30.3 Å². The minimum absolute atomic E-state index is 0.632. The lowest BCUT2D eigenvalue weighted by atomic mass is 10.2. The number of nitrogens with zero attached hydrogens (tertiary/aromatic N) is 1. The second-order valence-electron chi connectivity index (χ2n) is 4.70. The van der Waals surface area contributed by atoms with E-state index < -0.39 is 0 Å². The molecule has 0 aliphatic rings. The van der Waals surface area contributed by atoms with Crippen LogP contribution >= 0.6 is 46.4 Å². The summed E-state index contributed by atoms with van der Waals surface area (Å²) in [5, 5.41) is 0.677. The monoisotopic (exact) mass is 430 g/mol. The van der Waals surface area contributed by atoms with Crippen molar-refractivity contribution in [3.63, 3.8) is 0 Å². The number of nitrogens with one attached hydrogen (secondary N) is 1. The molecule has 1 N–H and O–H groups in total. The van der Waals surface area contributed by atoms with Gasteiger partial charge in [-0.25, -0.2) is 0 Å². The molecule has 2 aromatic carbocycles. The first-order valence-corrected chi connectivity index (χ1v) is 8.12. The normalized spacial score (nSPS) is 11.0. The molecule has 1 heterocycles. The van der Waals surface area contributed by atoms with Crippen LogP contribution in [0.25, 0.3) is 16.7 Å². The van der Waals surface area contributed by atoms with E-state index in [0.717, 1.165) is 25.9 Å². The summed E-state index contributed by atoms with van der Waals surface area (Å²) in [6.07, 6.45) is 0. The number of methoxy groups -OCH3 is 1. The Bertz CT molecular complexity index is 901. The minimum Gasteiger partial charge on any atom is -0.495 e. The summed E-state index contributed by atoms with van der Waals surface area (Å²) >= 11 is 13.9. The van der Waals surface area contributed by atoms with Gasteiger partial charge in [0, 0.05) is 14.7 Å². The van der Waals surface area contributed by atoms with Crippen LogP contribution in [0.2, 0.25) is 5.02 Å². The highest BCUT2D eigenvalue weighted by Gasteiger charge is 2.13. The number of ether oxygens (including phenoxy) is 1. The first-order valence-electron chi connectivity index (χ1n) is 6.26. The Hall–Kier alpha value is -1.05. The van der Waals surface area contributed by atoms with Gasteiger partial charge in [-0.1, -0.05) is 11.6 Å². The third-order valence-corrected chi connectivity index (χ3v) is 4.71. The highest BCUT2D eigenvalue weighted by molar-refractivity contribution is 14.1. The van der Waals surface area contributed by atoms with Crippen molar-refractivity contribution in [2.45, 2.75) is 6.92 Å². The molecule has 0 fully saturated rings. The summed E-state index contributed by atoms with van der Waals surface area (Å²) in [4.78, 5) is 3.24. The molecule has 0 amide bonds. The van der Waals surface area contributed by atoms with Gasteiger partial charge in [-0.3, -0.25) is 4.57 Å². The van der Waals surface area contributed by atoms with Gasteiger partial charge < -0.3 is 9.72 Å². The molecule has 108 valence electrons. The molecule has 0 aliphatic heterocycles. The largest absolute Gasteiger partial charge is 0.495 e. The number of rotatable bonds is 2. The van der Waals surface area contributed by atoms with Crippen molar-refractivity contribution in [3.8, 4) is 11.4 Å². The van der Waals surface area contributed by atoms with Crippen LogP contribution in [-0.2, 0) is 0 Å². The molecule has 1 aromatic heterocycles. The first kappa shape index (κ1) is 14.9. The van der Waals surface area contributed by atoms with Crippen molar-refractivity contribution in [1.29, 1.82) is 0 Å². The van der Waals surface area contributed by atoms with Gasteiger partial charge in [-0.2, -0.15) is 0 Å². The quantitative estimate of drug-likeness (QED) is 0.444. The van der Waals surface area contributed by atoms with Crippen LogP contribution in [0.4, 0.5) is 0 Å². The van der Waals surface area contributed by atoms with E-state index in [1.807, 2.05) is 29.7 Å². The fourth-order valence-corrected chi connectivity index (χ4v) is 3.26. The topological polar surface area (TPSA) is 29.9 Å². The van der Waals surface area contributed by atoms with E-state index in [-0.39, 0.29) is 0 Å². The molecule has 21 heavy (non-hydrogen) atoms. The highest BCUT2D eigenvalue weighted by atomic mass is 127. The van der Waals surface area contributed by atoms with Crippen molar-refractivity contribution >= 4 is 57.4 Å². The lowest BCUT2D eigenvalue weighted by Crippen LogP contribution is -1.99. The molecule has 3 aromatic rings. The van der Waals surface area contributed by atoms with Crippen molar-refractivity contribution in [3.05, 3.63) is 49.3 Å². The van der Waals surface area contributed by atoms with Gasteiger partial charge in [0.05, 0.1) is 23.8 Å². The van der Waals surface area contributed by atoms with E-state index in [4.69, 9.17) is 28.6 Å². The van der Waals surface area contributed by atoms with Crippen molar-refractivity contribution < 1.29 is 4.74 Å². The van der Waals surface area contributed by atoms with Crippen molar-refractivity contribution in [1.82, 2.24) is 9.55 Å². The fraction of sp³-hybridized carbons (Fsp3) is 0.133. The van der Waals surface area contributed by atoms with Gasteiger partial charge in [0.1, 0.15) is 5.75 Å². The van der Waals surface area contributed by atoms with Crippen LogP contribution in [-0.4, -0.2) is 16.7 Å². The molecule has 3 rings (SSSR count). The predicted molar refractivity (Wildman–Crippen MR) is 97.5 cm³/mol. The molecule has 0 saturated heterocycles. The SMILES string of the molecule is COc1cc(Cl)c(C)cc1-n1c(=S)[nH]c2cc(I)ccc21. The standard InChI is InChI=1S/C15H12ClIN2OS/c1-8-5-13(14(20-2)7-10(8)16)19-12-4-3-9(17)6-11(12)18-15(19)21/h3-7H,1-2H3,(H,18,21). The average molecular weight is 431 g/mol. The van der Waals surface area contributed by atoms with Gasteiger partial charge in [0.25, 0.3) is 0 Å². The second-order valence-corrected chi connectivity index (χ2v) is 6.74. The Kier molecular flexibility index (Phi) is 3.98. The molecular weight excluding hydrogens is 419 g/mol. The lowest BCUT2D eigenvalue weighted by molar-refractivity contribution is 0.413. The number of aryl methyl sites for hydroxylation is 1. The third-order valence-electron chi connectivity index (χ3n) is 3.35. The maximum Gasteiger partial charge on any atom is 0.182 e. The molecular formula is C15H12ClIN2OS. The summed E-state index contributed by atoms with van der Waals surface area (Å²) < 4.78 is 9.23. The van der Waals surface area contributed by atoms with Gasteiger partial charge >= 0.3 is 0 Å². The number of aromatic amines is 1. The highest BCUT2D eigenvalue weighted by Crippen LogP contribution is 2.32.